The Balaban J connectivity index is 1.71. The summed E-state index contributed by atoms with van der Waals surface area (Å²) in [7, 11) is -3.36. The number of hydrogen-bond donors (Lipinski definition) is 1. The van der Waals surface area contributed by atoms with Crippen LogP contribution in [0.25, 0.3) is 0 Å². The molecule has 0 bridgehead atoms. The molecule has 3 rings (SSSR count). The number of carbonyl (C=O) groups excluding carboxylic acids is 2. The van der Waals surface area contributed by atoms with Crippen LogP contribution in [0, 0.1) is 21.8 Å². The molecule has 1 atom stereocenters. The highest BCUT2D eigenvalue weighted by Gasteiger charge is 2.36. The molecule has 1 heterocycles. The third-order valence-electron chi connectivity index (χ3n) is 4.79. The Morgan fingerprint density at radius 2 is 1.93 bits per heavy atom. The summed E-state index contributed by atoms with van der Waals surface area (Å²) < 4.78 is 37.2. The van der Waals surface area contributed by atoms with Gasteiger partial charge in [0.25, 0.3) is 0 Å². The van der Waals surface area contributed by atoms with Gasteiger partial charge < -0.3 is 10.2 Å². The van der Waals surface area contributed by atoms with Crippen molar-refractivity contribution in [2.45, 2.75) is 18.2 Å². The Bertz CT molecular complexity index is 1120. The van der Waals surface area contributed by atoms with Gasteiger partial charge in [0.15, 0.2) is 9.84 Å². The standard InChI is InChI=1S/C19H18FN3O6S/c1-2-30(28,29)15-6-3-13(4-7-15)21-19(25)12-9-18(24)22(11-12)14-5-8-16(20)17(10-14)23(26)27/h3-8,10,12H,2,9,11H2,1H3,(H,21,25). The molecular weight excluding hydrogens is 417 g/mol. The summed E-state index contributed by atoms with van der Waals surface area (Å²) in [6.07, 6.45) is -0.112. The lowest BCUT2D eigenvalue weighted by Gasteiger charge is -2.16. The first-order valence-corrected chi connectivity index (χ1v) is 10.7. The minimum atomic E-state index is -3.36. The topological polar surface area (TPSA) is 127 Å². The Labute approximate surface area is 171 Å². The number of sulfone groups is 1. The predicted molar refractivity (Wildman–Crippen MR) is 106 cm³/mol. The van der Waals surface area contributed by atoms with Crippen LogP contribution in [-0.2, 0) is 19.4 Å². The number of halogens is 1. The highest BCUT2D eigenvalue weighted by atomic mass is 32.2. The molecule has 30 heavy (non-hydrogen) atoms. The average molecular weight is 435 g/mol. The van der Waals surface area contributed by atoms with Crippen molar-refractivity contribution in [2.75, 3.05) is 22.5 Å². The number of anilines is 2. The first kappa shape index (κ1) is 21.4. The van der Waals surface area contributed by atoms with Crippen LogP contribution >= 0.6 is 0 Å². The fourth-order valence-corrected chi connectivity index (χ4v) is 3.98. The maximum absolute atomic E-state index is 13.5. The van der Waals surface area contributed by atoms with Crippen molar-refractivity contribution >= 4 is 38.7 Å². The molecule has 1 saturated heterocycles. The zero-order valence-electron chi connectivity index (χ0n) is 15.9. The zero-order valence-corrected chi connectivity index (χ0v) is 16.7. The van der Waals surface area contributed by atoms with E-state index >= 15 is 0 Å². The van der Waals surface area contributed by atoms with E-state index in [9.17, 15) is 32.5 Å². The normalized spacial score (nSPS) is 16.5. The minimum absolute atomic E-state index is 0.0181. The van der Waals surface area contributed by atoms with Crippen LogP contribution in [-0.4, -0.2) is 37.5 Å². The van der Waals surface area contributed by atoms with Crippen LogP contribution in [0.5, 0.6) is 0 Å². The van der Waals surface area contributed by atoms with Gasteiger partial charge in [0, 0.05) is 24.7 Å². The molecule has 0 radical (unpaired) electrons. The maximum Gasteiger partial charge on any atom is 0.306 e. The van der Waals surface area contributed by atoms with Gasteiger partial charge in [-0.3, -0.25) is 19.7 Å². The maximum atomic E-state index is 13.5. The monoisotopic (exact) mass is 435 g/mol. The van der Waals surface area contributed by atoms with Crippen LogP contribution in [0.3, 0.4) is 0 Å². The van der Waals surface area contributed by atoms with E-state index in [2.05, 4.69) is 5.32 Å². The zero-order chi connectivity index (χ0) is 22.1. The van der Waals surface area contributed by atoms with Gasteiger partial charge in [0.1, 0.15) is 0 Å². The largest absolute Gasteiger partial charge is 0.326 e. The van der Waals surface area contributed by atoms with Gasteiger partial charge in [-0.05, 0) is 36.4 Å². The highest BCUT2D eigenvalue weighted by Crippen LogP contribution is 2.30. The molecule has 0 aromatic heterocycles. The Morgan fingerprint density at radius 1 is 1.27 bits per heavy atom. The fraction of sp³-hybridized carbons (Fsp3) is 0.263. The SMILES string of the molecule is CCS(=O)(=O)c1ccc(NC(=O)C2CC(=O)N(c3ccc(F)c([N+](=O)[O-])c3)C2)cc1. The van der Waals surface area contributed by atoms with E-state index in [0.717, 1.165) is 12.1 Å². The first-order valence-electron chi connectivity index (χ1n) is 9.00. The van der Waals surface area contributed by atoms with Crippen LogP contribution in [0.4, 0.5) is 21.5 Å². The number of carbonyl (C=O) groups is 2. The number of nitro benzene ring substituents is 1. The molecule has 2 aromatic carbocycles. The number of nitrogens with one attached hydrogen (secondary N) is 1. The van der Waals surface area contributed by atoms with Gasteiger partial charge in [-0.2, -0.15) is 4.39 Å². The third-order valence-corrected chi connectivity index (χ3v) is 6.55. The van der Waals surface area contributed by atoms with Gasteiger partial charge in [-0.15, -0.1) is 0 Å². The third kappa shape index (κ3) is 4.30. The number of benzene rings is 2. The number of nitrogens with zero attached hydrogens (tertiary/aromatic N) is 2. The van der Waals surface area contributed by atoms with Gasteiger partial charge in [0.05, 0.1) is 27.2 Å². The summed E-state index contributed by atoms with van der Waals surface area (Å²) >= 11 is 0. The molecule has 0 spiro atoms. The van der Waals surface area contributed by atoms with E-state index in [1.165, 1.54) is 42.2 Å². The number of amides is 2. The van der Waals surface area contributed by atoms with E-state index in [-0.39, 0.29) is 29.3 Å². The molecule has 158 valence electrons. The van der Waals surface area contributed by atoms with Gasteiger partial charge in [-0.1, -0.05) is 6.92 Å². The van der Waals surface area contributed by atoms with Crippen LogP contribution in [0.1, 0.15) is 13.3 Å². The van der Waals surface area contributed by atoms with Gasteiger partial charge in [-0.25, -0.2) is 8.42 Å². The van der Waals surface area contributed by atoms with Crippen molar-refractivity contribution < 1.29 is 27.3 Å². The molecular formula is C19H18FN3O6S. The second kappa shape index (κ2) is 8.19. The van der Waals surface area contributed by atoms with Gasteiger partial charge in [0.2, 0.25) is 17.6 Å². The van der Waals surface area contributed by atoms with Crippen molar-refractivity contribution in [1.82, 2.24) is 0 Å². The Morgan fingerprint density at radius 3 is 2.53 bits per heavy atom. The molecule has 2 aromatic rings. The van der Waals surface area contributed by atoms with E-state index in [0.29, 0.717) is 5.69 Å². The lowest BCUT2D eigenvalue weighted by atomic mass is 10.1. The fourth-order valence-electron chi connectivity index (χ4n) is 3.10. The van der Waals surface area contributed by atoms with Crippen molar-refractivity contribution in [3.8, 4) is 0 Å². The summed E-state index contributed by atoms with van der Waals surface area (Å²) in [5.41, 5.74) is -0.244. The quantitative estimate of drug-likeness (QED) is 0.549. The summed E-state index contributed by atoms with van der Waals surface area (Å²) in [6.45, 7) is 1.51. The molecule has 1 aliphatic heterocycles. The number of nitro groups is 1. The molecule has 0 aliphatic carbocycles. The summed E-state index contributed by atoms with van der Waals surface area (Å²) in [5, 5.41) is 13.5. The van der Waals surface area contributed by atoms with Crippen molar-refractivity contribution in [3.63, 3.8) is 0 Å². The average Bonchev–Trinajstić information content (AvgIpc) is 3.10. The predicted octanol–water partition coefficient (Wildman–Crippen LogP) is 2.52. The molecule has 9 nitrogen and oxygen atoms in total. The number of rotatable bonds is 6. The molecule has 1 unspecified atom stereocenters. The Kier molecular flexibility index (Phi) is 5.83. The summed E-state index contributed by atoms with van der Waals surface area (Å²) in [5.74, 6) is -2.65. The van der Waals surface area contributed by atoms with E-state index in [1.54, 1.807) is 0 Å². The van der Waals surface area contributed by atoms with E-state index in [4.69, 9.17) is 0 Å². The van der Waals surface area contributed by atoms with E-state index in [1.807, 2.05) is 0 Å². The molecule has 1 N–H and O–H groups in total. The van der Waals surface area contributed by atoms with Crippen LogP contribution < -0.4 is 10.2 Å². The summed E-state index contributed by atoms with van der Waals surface area (Å²) in [6, 6.07) is 8.79. The van der Waals surface area contributed by atoms with Crippen LogP contribution in [0.2, 0.25) is 0 Å². The molecule has 1 aliphatic rings. The van der Waals surface area contributed by atoms with Crippen molar-refractivity contribution in [3.05, 3.63) is 58.4 Å². The summed E-state index contributed by atoms with van der Waals surface area (Å²) in [4.78, 5) is 36.2. The van der Waals surface area contributed by atoms with E-state index < -0.39 is 44.0 Å². The Hall–Kier alpha value is -3.34. The minimum Gasteiger partial charge on any atom is -0.326 e. The second-order valence-electron chi connectivity index (χ2n) is 6.72. The molecule has 0 saturated carbocycles. The van der Waals surface area contributed by atoms with Crippen molar-refractivity contribution in [2.24, 2.45) is 5.92 Å². The first-order chi connectivity index (χ1) is 14.1. The molecule has 11 heteroatoms. The lowest BCUT2D eigenvalue weighted by Crippen LogP contribution is -2.28. The second-order valence-corrected chi connectivity index (χ2v) is 8.99. The molecule has 2 amide bonds. The van der Waals surface area contributed by atoms with Crippen molar-refractivity contribution in [1.29, 1.82) is 0 Å². The lowest BCUT2D eigenvalue weighted by molar-refractivity contribution is -0.387. The van der Waals surface area contributed by atoms with Gasteiger partial charge >= 0.3 is 5.69 Å². The smallest absolute Gasteiger partial charge is 0.306 e. The highest BCUT2D eigenvalue weighted by molar-refractivity contribution is 7.91. The number of hydrogen-bond acceptors (Lipinski definition) is 6. The molecule has 1 fully saturated rings. The van der Waals surface area contributed by atoms with Crippen LogP contribution in [0.15, 0.2) is 47.4 Å².